The van der Waals surface area contributed by atoms with E-state index >= 15 is 0 Å². The van der Waals surface area contributed by atoms with Gasteiger partial charge in [0.2, 0.25) is 11.0 Å². The van der Waals surface area contributed by atoms with Gasteiger partial charge < -0.3 is 10.6 Å². The predicted molar refractivity (Wildman–Crippen MR) is 110 cm³/mol. The Labute approximate surface area is 171 Å². The molecule has 1 aromatic heterocycles. The Morgan fingerprint density at radius 2 is 2.19 bits per heavy atom. The van der Waals surface area contributed by atoms with Gasteiger partial charge in [0.05, 0.1) is 16.8 Å². The third kappa shape index (κ3) is 5.56. The van der Waals surface area contributed by atoms with Gasteiger partial charge in [0.1, 0.15) is 0 Å². The number of amides is 1. The molecule has 2 heterocycles. The number of halogens is 1. The van der Waals surface area contributed by atoms with Gasteiger partial charge in [0, 0.05) is 16.8 Å². The van der Waals surface area contributed by atoms with Crippen molar-refractivity contribution < 1.29 is 13.2 Å². The summed E-state index contributed by atoms with van der Waals surface area (Å²) in [5, 5.41) is 15.0. The Balaban J connectivity index is 1.55. The fourth-order valence-corrected chi connectivity index (χ4v) is 6.31. The molecule has 0 aliphatic carbocycles. The van der Waals surface area contributed by atoms with E-state index in [1.54, 1.807) is 6.92 Å². The summed E-state index contributed by atoms with van der Waals surface area (Å²) in [6.07, 6.45) is 0.470. The molecule has 0 unspecified atom stereocenters. The van der Waals surface area contributed by atoms with Crippen LogP contribution in [-0.2, 0) is 14.6 Å². The number of nitrogens with one attached hydrogen (secondary N) is 2. The number of carbonyl (C=O) groups excluding carboxylic acids is 1. The van der Waals surface area contributed by atoms with E-state index in [2.05, 4.69) is 20.8 Å². The van der Waals surface area contributed by atoms with Crippen molar-refractivity contribution in [2.24, 2.45) is 0 Å². The van der Waals surface area contributed by atoms with Crippen LogP contribution < -0.4 is 10.6 Å². The van der Waals surface area contributed by atoms with Gasteiger partial charge in [-0.05, 0) is 38.0 Å². The monoisotopic (exact) mass is 446 g/mol. The van der Waals surface area contributed by atoms with Crippen LogP contribution in [0, 0.1) is 6.92 Å². The zero-order valence-corrected chi connectivity index (χ0v) is 17.9. The molecule has 1 aliphatic heterocycles. The normalized spacial score (nSPS) is 19.6. The van der Waals surface area contributed by atoms with E-state index in [1.807, 2.05) is 25.1 Å². The fourth-order valence-electron chi connectivity index (χ4n) is 2.53. The molecular weight excluding hydrogens is 428 g/mol. The lowest BCUT2D eigenvalue weighted by atomic mass is 10.2. The Kier molecular flexibility index (Phi) is 6.29. The molecule has 1 saturated heterocycles. The molecule has 0 saturated carbocycles. The summed E-state index contributed by atoms with van der Waals surface area (Å²) in [7, 11) is -3.02. The predicted octanol–water partition coefficient (Wildman–Crippen LogP) is 3.03. The maximum atomic E-state index is 12.3. The highest BCUT2D eigenvalue weighted by Crippen LogP contribution is 2.31. The second-order valence-electron chi connectivity index (χ2n) is 6.33. The second kappa shape index (κ2) is 8.34. The van der Waals surface area contributed by atoms with Crippen molar-refractivity contribution in [1.29, 1.82) is 0 Å². The van der Waals surface area contributed by atoms with Gasteiger partial charge in [-0.25, -0.2) is 8.42 Å². The van der Waals surface area contributed by atoms with Crippen molar-refractivity contribution in [3.8, 4) is 0 Å². The van der Waals surface area contributed by atoms with E-state index in [-0.39, 0.29) is 23.5 Å². The van der Waals surface area contributed by atoms with Crippen LogP contribution in [0.25, 0.3) is 0 Å². The second-order valence-corrected chi connectivity index (χ2v) is 11.5. The van der Waals surface area contributed by atoms with Crippen molar-refractivity contribution in [3.63, 3.8) is 0 Å². The van der Waals surface area contributed by atoms with Crippen molar-refractivity contribution in [3.05, 3.63) is 28.8 Å². The third-order valence-corrected chi connectivity index (χ3v) is 8.25. The van der Waals surface area contributed by atoms with Gasteiger partial charge in [-0.3, -0.25) is 4.79 Å². The number of benzene rings is 1. The molecule has 11 heteroatoms. The van der Waals surface area contributed by atoms with Crippen molar-refractivity contribution in [2.75, 3.05) is 16.8 Å². The summed E-state index contributed by atoms with van der Waals surface area (Å²) in [6, 6.07) is 5.33. The summed E-state index contributed by atoms with van der Waals surface area (Å²) >= 11 is 8.74. The van der Waals surface area contributed by atoms with Gasteiger partial charge in [-0.1, -0.05) is 40.8 Å². The molecule has 27 heavy (non-hydrogen) atoms. The van der Waals surface area contributed by atoms with Crippen LogP contribution in [0.3, 0.4) is 0 Å². The maximum Gasteiger partial charge on any atom is 0.233 e. The molecule has 1 aliphatic rings. The molecular formula is C16H19ClN4O3S3. The van der Waals surface area contributed by atoms with E-state index in [0.717, 1.165) is 11.3 Å². The highest BCUT2D eigenvalue weighted by atomic mass is 35.5. The zero-order valence-electron chi connectivity index (χ0n) is 14.7. The molecule has 7 nitrogen and oxygen atoms in total. The molecule has 2 aromatic rings. The first-order valence-electron chi connectivity index (χ1n) is 8.26. The molecule has 0 bridgehead atoms. The average molecular weight is 447 g/mol. The third-order valence-electron chi connectivity index (χ3n) is 4.06. The molecule has 0 spiro atoms. The first-order valence-corrected chi connectivity index (χ1v) is 12.2. The van der Waals surface area contributed by atoms with Crippen LogP contribution in [0.15, 0.2) is 22.5 Å². The van der Waals surface area contributed by atoms with Crippen LogP contribution in [-0.4, -0.2) is 47.3 Å². The number of aryl methyl sites for hydroxylation is 1. The lowest BCUT2D eigenvalue weighted by molar-refractivity contribution is -0.120. The van der Waals surface area contributed by atoms with E-state index in [9.17, 15) is 13.2 Å². The summed E-state index contributed by atoms with van der Waals surface area (Å²) in [6.45, 7) is 3.69. The van der Waals surface area contributed by atoms with Crippen molar-refractivity contribution in [1.82, 2.24) is 15.5 Å². The molecule has 2 atom stereocenters. The lowest BCUT2D eigenvalue weighted by Crippen LogP contribution is -2.39. The van der Waals surface area contributed by atoms with Gasteiger partial charge in [0.15, 0.2) is 14.2 Å². The number of thioether (sulfide) groups is 1. The van der Waals surface area contributed by atoms with Crippen LogP contribution in [0.5, 0.6) is 0 Å². The number of nitrogens with zero attached hydrogens (tertiary/aromatic N) is 2. The fraction of sp³-hybridized carbons (Fsp3) is 0.438. The first kappa shape index (κ1) is 20.4. The number of carbonyl (C=O) groups is 1. The minimum absolute atomic E-state index is 0.0160. The molecule has 3 rings (SSSR count). The van der Waals surface area contributed by atoms with Gasteiger partial charge in [0.25, 0.3) is 0 Å². The topological polar surface area (TPSA) is 101 Å². The van der Waals surface area contributed by atoms with Gasteiger partial charge in [-0.15, -0.1) is 10.2 Å². The molecule has 1 aromatic carbocycles. The summed E-state index contributed by atoms with van der Waals surface area (Å²) < 4.78 is 23.6. The van der Waals surface area contributed by atoms with E-state index < -0.39 is 15.1 Å². The largest absolute Gasteiger partial charge is 0.351 e. The van der Waals surface area contributed by atoms with E-state index in [1.165, 1.54) is 23.1 Å². The lowest BCUT2D eigenvalue weighted by Gasteiger charge is -2.14. The quantitative estimate of drug-likeness (QED) is 0.657. The smallest absolute Gasteiger partial charge is 0.233 e. The van der Waals surface area contributed by atoms with Crippen LogP contribution in [0.2, 0.25) is 5.02 Å². The standard InChI is InChI=1S/C16H19ClN4O3S3/c1-9-3-4-11(7-13(9)17)19-15-20-21-16(26-15)25-10(2)14(22)18-12-5-6-27(23,24)8-12/h3-4,7,10,12H,5-6,8H2,1-2H3,(H,18,22)(H,19,20)/t10-,12+/m1/s1. The van der Waals surface area contributed by atoms with Crippen LogP contribution >= 0.6 is 34.7 Å². The Morgan fingerprint density at radius 3 is 2.85 bits per heavy atom. The number of sulfone groups is 1. The molecule has 146 valence electrons. The number of anilines is 2. The zero-order chi connectivity index (χ0) is 19.6. The minimum Gasteiger partial charge on any atom is -0.351 e. The average Bonchev–Trinajstić information content (AvgIpc) is 3.16. The van der Waals surface area contributed by atoms with Crippen LogP contribution in [0.4, 0.5) is 10.8 Å². The molecule has 1 fully saturated rings. The Bertz CT molecular complexity index is 948. The first-order chi connectivity index (χ1) is 12.7. The SMILES string of the molecule is Cc1ccc(Nc2nnc(S[C@H](C)C(=O)N[C@H]3CCS(=O)(=O)C3)s2)cc1Cl. The highest BCUT2D eigenvalue weighted by Gasteiger charge is 2.30. The Hall–Kier alpha value is -1.36. The summed E-state index contributed by atoms with van der Waals surface area (Å²) in [5.41, 5.74) is 1.80. The summed E-state index contributed by atoms with van der Waals surface area (Å²) in [5.74, 6) is -0.0483. The minimum atomic E-state index is -3.02. The molecule has 0 radical (unpaired) electrons. The highest BCUT2D eigenvalue weighted by molar-refractivity contribution is 8.02. The number of hydrogen-bond acceptors (Lipinski definition) is 8. The maximum absolute atomic E-state index is 12.3. The van der Waals surface area contributed by atoms with Crippen molar-refractivity contribution in [2.45, 2.75) is 35.9 Å². The Morgan fingerprint density at radius 1 is 1.41 bits per heavy atom. The number of hydrogen-bond donors (Lipinski definition) is 2. The van der Waals surface area contributed by atoms with Gasteiger partial charge >= 0.3 is 0 Å². The summed E-state index contributed by atoms with van der Waals surface area (Å²) in [4.78, 5) is 12.3. The van der Waals surface area contributed by atoms with E-state index in [0.29, 0.717) is 20.9 Å². The van der Waals surface area contributed by atoms with Crippen LogP contribution in [0.1, 0.15) is 18.9 Å². The number of aromatic nitrogens is 2. The molecule has 1 amide bonds. The van der Waals surface area contributed by atoms with Gasteiger partial charge in [-0.2, -0.15) is 0 Å². The van der Waals surface area contributed by atoms with E-state index in [4.69, 9.17) is 11.6 Å². The number of rotatable bonds is 6. The molecule has 2 N–H and O–H groups in total. The van der Waals surface area contributed by atoms with Crippen molar-refractivity contribution >= 4 is 61.3 Å².